The normalized spacial score (nSPS) is 18.2. The number of aryl methyl sites for hydroxylation is 1. The number of nitrogens with one attached hydrogen (secondary N) is 1. The van der Waals surface area contributed by atoms with E-state index in [4.69, 9.17) is 4.74 Å². The third-order valence-electron chi connectivity index (χ3n) is 6.16. The smallest absolute Gasteiger partial charge is 0.320 e. The van der Waals surface area contributed by atoms with E-state index in [0.29, 0.717) is 18.8 Å². The molecule has 4 rings (SSSR count). The number of aromatic nitrogens is 2. The topological polar surface area (TPSA) is 90.8 Å². The molecule has 2 aromatic heterocycles. The monoisotopic (exact) mass is 679 g/mol. The molecule has 2 aliphatic rings. The molecule has 0 spiro atoms. The number of aliphatic hydroxyl groups excluding tert-OH is 1. The molecule has 2 aromatic rings. The first-order valence-electron chi connectivity index (χ1n) is 11.2. The van der Waals surface area contributed by atoms with E-state index in [-0.39, 0.29) is 12.1 Å². The van der Waals surface area contributed by atoms with Gasteiger partial charge in [-0.15, -0.1) is 0 Å². The zero-order valence-electron chi connectivity index (χ0n) is 19.0. The van der Waals surface area contributed by atoms with Gasteiger partial charge in [0.05, 0.1) is 19.3 Å². The van der Waals surface area contributed by atoms with Gasteiger partial charge in [0.2, 0.25) is 5.88 Å². The van der Waals surface area contributed by atoms with E-state index in [1.54, 1.807) is 13.3 Å². The van der Waals surface area contributed by atoms with Crippen LogP contribution in [-0.4, -0.2) is 64.2 Å². The van der Waals surface area contributed by atoms with Gasteiger partial charge in [-0.05, 0) is 37.3 Å². The van der Waals surface area contributed by atoms with Crippen LogP contribution in [0, 0.1) is 0 Å². The van der Waals surface area contributed by atoms with Crippen LogP contribution in [0.1, 0.15) is 55.2 Å². The molecule has 0 bridgehead atoms. The van der Waals surface area contributed by atoms with Crippen LogP contribution in [0.3, 0.4) is 0 Å². The highest BCUT2D eigenvalue weighted by Crippen LogP contribution is 2.30. The Morgan fingerprint density at radius 3 is 2.79 bits per heavy atom. The second-order valence-corrected chi connectivity index (χ2v) is 8.10. The van der Waals surface area contributed by atoms with Gasteiger partial charge in [0.1, 0.15) is 5.82 Å². The molecule has 2 atom stereocenters. The largest absolute Gasteiger partial charge is 0.481 e. The summed E-state index contributed by atoms with van der Waals surface area (Å²) in [5.74, 6) is 1.37. The SMILES string of the molecule is CCC(c1ccc(OC)nc1)N1CCN(CCCc2ccc3c(n2)NCCC3O)C1=O.II. The number of halogens is 2. The third-order valence-corrected chi connectivity index (χ3v) is 6.16. The molecule has 2 unspecified atom stereocenters. The highest BCUT2D eigenvalue weighted by molar-refractivity contribution is 15.0. The number of carbonyl (C=O) groups is 1. The van der Waals surface area contributed by atoms with Crippen molar-refractivity contribution < 1.29 is 14.6 Å². The van der Waals surface area contributed by atoms with Crippen molar-refractivity contribution in [3.05, 3.63) is 47.3 Å². The van der Waals surface area contributed by atoms with Gasteiger partial charge in [-0.1, -0.05) is 19.1 Å². The number of rotatable bonds is 8. The predicted octanol–water partition coefficient (Wildman–Crippen LogP) is 4.93. The fraction of sp³-hybridized carbons (Fsp3) is 0.522. The van der Waals surface area contributed by atoms with E-state index in [9.17, 15) is 9.90 Å². The number of hydrogen-bond donors (Lipinski definition) is 2. The Kier molecular flexibility index (Phi) is 10.2. The van der Waals surface area contributed by atoms with E-state index in [1.807, 2.05) is 34.1 Å². The quantitative estimate of drug-likeness (QED) is 0.385. The predicted molar refractivity (Wildman–Crippen MR) is 146 cm³/mol. The number of hydrogen-bond acceptors (Lipinski definition) is 6. The molecule has 0 aromatic carbocycles. The molecule has 0 saturated carbocycles. The summed E-state index contributed by atoms with van der Waals surface area (Å²) in [6.45, 7) is 5.01. The standard InChI is InChI=1S/C23H31N5O3.I2/c1-3-19(16-6-9-21(31-2)25-15-16)28-14-13-27(23(28)30)12-4-5-17-7-8-18-20(29)10-11-24-22(18)26-17;1-2/h6-9,15,19-20,29H,3-5,10-14H2,1-2H3,(H,24,26);. The maximum atomic E-state index is 13.0. The highest BCUT2D eigenvalue weighted by atomic mass is 128. The lowest BCUT2D eigenvalue weighted by Crippen LogP contribution is -2.35. The zero-order valence-corrected chi connectivity index (χ0v) is 23.3. The van der Waals surface area contributed by atoms with Crippen LogP contribution in [0.5, 0.6) is 5.88 Å². The van der Waals surface area contributed by atoms with Crippen LogP contribution in [0.25, 0.3) is 0 Å². The van der Waals surface area contributed by atoms with Gasteiger partial charge in [-0.25, -0.2) is 14.8 Å². The molecule has 4 heterocycles. The number of fused-ring (bicyclic) bond motifs is 1. The fourth-order valence-corrected chi connectivity index (χ4v) is 4.44. The first-order chi connectivity index (χ1) is 16.1. The number of aliphatic hydroxyl groups is 1. The van der Waals surface area contributed by atoms with Gasteiger partial charge < -0.3 is 25.0 Å². The van der Waals surface area contributed by atoms with E-state index < -0.39 is 6.10 Å². The van der Waals surface area contributed by atoms with Crippen molar-refractivity contribution in [2.45, 2.75) is 44.8 Å². The van der Waals surface area contributed by atoms with Gasteiger partial charge in [-0.2, -0.15) is 0 Å². The van der Waals surface area contributed by atoms with E-state index in [1.165, 1.54) is 0 Å². The molecule has 180 valence electrons. The van der Waals surface area contributed by atoms with Gasteiger partial charge in [0.25, 0.3) is 0 Å². The minimum Gasteiger partial charge on any atom is -0.481 e. The molecule has 2 N–H and O–H groups in total. The second kappa shape index (κ2) is 12.9. The fourth-order valence-electron chi connectivity index (χ4n) is 4.44. The summed E-state index contributed by atoms with van der Waals surface area (Å²) in [7, 11) is 1.60. The number of nitrogens with zero attached hydrogens (tertiary/aromatic N) is 4. The molecule has 10 heteroatoms. The van der Waals surface area contributed by atoms with Gasteiger partial charge in [-0.3, -0.25) is 0 Å². The van der Waals surface area contributed by atoms with Crippen LogP contribution in [-0.2, 0) is 6.42 Å². The van der Waals surface area contributed by atoms with Gasteiger partial charge in [0.15, 0.2) is 0 Å². The average molecular weight is 679 g/mol. The second-order valence-electron chi connectivity index (χ2n) is 8.10. The van der Waals surface area contributed by atoms with Crippen molar-refractivity contribution >= 4 is 49.1 Å². The van der Waals surface area contributed by atoms with Crippen LogP contribution in [0.15, 0.2) is 30.5 Å². The number of urea groups is 1. The zero-order chi connectivity index (χ0) is 23.8. The lowest BCUT2D eigenvalue weighted by atomic mass is 10.0. The summed E-state index contributed by atoms with van der Waals surface area (Å²) in [6, 6.07) is 7.89. The summed E-state index contributed by atoms with van der Waals surface area (Å²) in [5, 5.41) is 13.3. The molecular weight excluding hydrogens is 648 g/mol. The molecular formula is C23H31I2N5O3. The molecule has 1 saturated heterocycles. The number of amides is 2. The Labute approximate surface area is 218 Å². The molecule has 2 aliphatic heterocycles. The lowest BCUT2D eigenvalue weighted by Gasteiger charge is -2.27. The van der Waals surface area contributed by atoms with E-state index in [0.717, 1.165) is 61.5 Å². The van der Waals surface area contributed by atoms with Crippen LogP contribution in [0.2, 0.25) is 0 Å². The summed E-state index contributed by atoms with van der Waals surface area (Å²) in [5.41, 5.74) is 2.89. The maximum absolute atomic E-state index is 13.0. The Hall–Kier alpha value is -1.41. The van der Waals surface area contributed by atoms with Crippen molar-refractivity contribution in [2.75, 3.05) is 38.6 Å². The minimum absolute atomic E-state index is 0.0238. The Balaban J connectivity index is 0.00000149. The molecule has 33 heavy (non-hydrogen) atoms. The van der Waals surface area contributed by atoms with Crippen LogP contribution < -0.4 is 10.1 Å². The van der Waals surface area contributed by atoms with E-state index in [2.05, 4.69) is 59.4 Å². The summed E-state index contributed by atoms with van der Waals surface area (Å²) in [6.07, 6.45) is 4.58. The minimum atomic E-state index is -0.432. The number of pyridine rings is 2. The average Bonchev–Trinajstić information content (AvgIpc) is 3.21. The molecule has 0 radical (unpaired) electrons. The van der Waals surface area contributed by atoms with Gasteiger partial charge >= 0.3 is 6.03 Å². The maximum Gasteiger partial charge on any atom is 0.320 e. The van der Waals surface area contributed by atoms with E-state index >= 15 is 0 Å². The lowest BCUT2D eigenvalue weighted by molar-refractivity contribution is 0.168. The number of anilines is 1. The molecule has 8 nitrogen and oxygen atoms in total. The van der Waals surface area contributed by atoms with Crippen LogP contribution in [0.4, 0.5) is 10.6 Å². The number of ether oxygens (including phenoxy) is 1. The first kappa shape index (κ1) is 26.2. The van der Waals surface area contributed by atoms with Crippen molar-refractivity contribution in [3.8, 4) is 5.88 Å². The summed E-state index contributed by atoms with van der Waals surface area (Å²) in [4.78, 5) is 25.9. The highest BCUT2D eigenvalue weighted by Gasteiger charge is 2.33. The van der Waals surface area contributed by atoms with Gasteiger partial charge in [0, 0.05) is 86.9 Å². The Morgan fingerprint density at radius 2 is 2.09 bits per heavy atom. The third kappa shape index (κ3) is 6.38. The Bertz CT molecular complexity index is 915. The van der Waals surface area contributed by atoms with Crippen molar-refractivity contribution in [2.24, 2.45) is 0 Å². The van der Waals surface area contributed by atoms with Crippen LogP contribution >= 0.6 is 37.2 Å². The first-order valence-corrected chi connectivity index (χ1v) is 17.5. The van der Waals surface area contributed by atoms with Crippen molar-refractivity contribution in [1.29, 1.82) is 0 Å². The van der Waals surface area contributed by atoms with Crippen molar-refractivity contribution in [3.63, 3.8) is 0 Å². The van der Waals surface area contributed by atoms with Crippen molar-refractivity contribution in [1.82, 2.24) is 19.8 Å². The molecule has 1 fully saturated rings. The summed E-state index contributed by atoms with van der Waals surface area (Å²) >= 11 is 4.24. The number of carbonyl (C=O) groups excluding carboxylic acids is 1. The summed E-state index contributed by atoms with van der Waals surface area (Å²) < 4.78 is 5.14. The molecule has 2 amide bonds. The Morgan fingerprint density at radius 1 is 1.27 bits per heavy atom. The number of methoxy groups -OCH3 is 1. The molecule has 0 aliphatic carbocycles.